The van der Waals surface area contributed by atoms with E-state index in [2.05, 4.69) is 15.5 Å². The molecule has 1 rings (SSSR count). The monoisotopic (exact) mass is 219 g/mol. The van der Waals surface area contributed by atoms with Crippen LogP contribution in [-0.2, 0) is 10.6 Å². The number of nitrogens with one attached hydrogen (secondary N) is 1. The zero-order chi connectivity index (χ0) is 10.4. The van der Waals surface area contributed by atoms with Crippen LogP contribution in [0.25, 0.3) is 0 Å². The van der Waals surface area contributed by atoms with Crippen LogP contribution in [0.3, 0.4) is 0 Å². The van der Waals surface area contributed by atoms with Crippen molar-refractivity contribution >= 4 is 17.6 Å². The van der Waals surface area contributed by atoms with E-state index in [9.17, 15) is 0 Å². The van der Waals surface area contributed by atoms with Crippen LogP contribution in [0.15, 0.2) is 4.42 Å². The van der Waals surface area contributed by atoms with Crippen molar-refractivity contribution in [3.05, 3.63) is 5.89 Å². The molecule has 0 radical (unpaired) electrons. The zero-order valence-corrected chi connectivity index (χ0v) is 9.04. The van der Waals surface area contributed by atoms with Crippen LogP contribution >= 0.6 is 11.6 Å². The largest absolute Gasteiger partial charge is 0.407 e. The first-order valence-corrected chi connectivity index (χ1v) is 4.93. The maximum absolute atomic E-state index is 5.52. The lowest BCUT2D eigenvalue weighted by molar-refractivity contribution is 0.191. The van der Waals surface area contributed by atoms with E-state index in [4.69, 9.17) is 20.8 Å². The molecular weight excluding hydrogens is 206 g/mol. The van der Waals surface area contributed by atoms with Gasteiger partial charge in [-0.2, -0.15) is 0 Å². The number of alkyl halides is 1. The van der Waals surface area contributed by atoms with Gasteiger partial charge in [-0.05, 0) is 13.3 Å². The van der Waals surface area contributed by atoms with E-state index in [1.54, 1.807) is 7.11 Å². The molecule has 0 spiro atoms. The molecule has 0 saturated carbocycles. The van der Waals surface area contributed by atoms with Crippen molar-refractivity contribution in [3.8, 4) is 0 Å². The predicted molar refractivity (Wildman–Crippen MR) is 53.4 cm³/mol. The molecule has 5 nitrogen and oxygen atoms in total. The van der Waals surface area contributed by atoms with Gasteiger partial charge >= 0.3 is 6.01 Å². The van der Waals surface area contributed by atoms with E-state index in [1.807, 2.05) is 6.92 Å². The van der Waals surface area contributed by atoms with Gasteiger partial charge < -0.3 is 14.5 Å². The third-order valence-corrected chi connectivity index (χ3v) is 1.93. The van der Waals surface area contributed by atoms with Crippen LogP contribution in [0.2, 0.25) is 0 Å². The number of nitrogens with zero attached hydrogens (tertiary/aromatic N) is 2. The molecule has 1 aromatic heterocycles. The Bertz CT molecular complexity index is 267. The van der Waals surface area contributed by atoms with Gasteiger partial charge in [0.25, 0.3) is 0 Å². The highest BCUT2D eigenvalue weighted by atomic mass is 35.5. The highest BCUT2D eigenvalue weighted by Crippen LogP contribution is 2.09. The van der Waals surface area contributed by atoms with Crippen LogP contribution in [-0.4, -0.2) is 30.0 Å². The normalized spacial score (nSPS) is 12.8. The van der Waals surface area contributed by atoms with Gasteiger partial charge in [-0.15, -0.1) is 16.7 Å². The standard InChI is InChI=1S/C8H14ClN3O2/c1-6(3-4-13-2)10-8-12-11-7(5-9)14-8/h6H,3-5H2,1-2H3,(H,10,12). The molecule has 1 unspecified atom stereocenters. The highest BCUT2D eigenvalue weighted by Gasteiger charge is 2.07. The SMILES string of the molecule is COCCC(C)Nc1nnc(CCl)o1. The maximum atomic E-state index is 5.52. The molecule has 0 bridgehead atoms. The molecule has 0 aromatic carbocycles. The minimum absolute atomic E-state index is 0.235. The van der Waals surface area contributed by atoms with Crippen molar-refractivity contribution in [2.45, 2.75) is 25.3 Å². The molecule has 1 N–H and O–H groups in total. The molecule has 1 atom stereocenters. The van der Waals surface area contributed by atoms with E-state index in [0.29, 0.717) is 18.5 Å². The minimum atomic E-state index is 0.235. The summed E-state index contributed by atoms with van der Waals surface area (Å²) in [5, 5.41) is 10.6. The van der Waals surface area contributed by atoms with Crippen LogP contribution in [0.1, 0.15) is 19.2 Å². The first-order valence-electron chi connectivity index (χ1n) is 4.40. The Morgan fingerprint density at radius 1 is 1.57 bits per heavy atom. The number of hydrogen-bond acceptors (Lipinski definition) is 5. The molecule has 14 heavy (non-hydrogen) atoms. The third-order valence-electron chi connectivity index (χ3n) is 1.71. The third kappa shape index (κ3) is 3.51. The van der Waals surface area contributed by atoms with Crippen molar-refractivity contribution in [2.75, 3.05) is 19.0 Å². The average Bonchev–Trinajstić information content (AvgIpc) is 2.62. The summed E-state index contributed by atoms with van der Waals surface area (Å²) in [5.74, 6) is 0.661. The van der Waals surface area contributed by atoms with Gasteiger partial charge in [-0.1, -0.05) is 5.10 Å². The number of halogens is 1. The Morgan fingerprint density at radius 2 is 2.36 bits per heavy atom. The van der Waals surface area contributed by atoms with Gasteiger partial charge in [0.2, 0.25) is 5.89 Å². The molecule has 6 heteroatoms. The molecule has 0 aliphatic carbocycles. The van der Waals surface area contributed by atoms with Gasteiger partial charge in [-0.3, -0.25) is 0 Å². The summed E-state index contributed by atoms with van der Waals surface area (Å²) >= 11 is 5.52. The van der Waals surface area contributed by atoms with Crippen LogP contribution in [0.4, 0.5) is 6.01 Å². The Balaban J connectivity index is 2.35. The lowest BCUT2D eigenvalue weighted by atomic mass is 10.2. The Labute approximate surface area is 87.8 Å². The number of anilines is 1. The molecule has 80 valence electrons. The van der Waals surface area contributed by atoms with Crippen molar-refractivity contribution in [3.63, 3.8) is 0 Å². The maximum Gasteiger partial charge on any atom is 0.315 e. The topological polar surface area (TPSA) is 60.2 Å². The summed E-state index contributed by atoms with van der Waals surface area (Å²) in [6, 6.07) is 0.642. The van der Waals surface area contributed by atoms with Crippen molar-refractivity contribution in [1.29, 1.82) is 0 Å². The number of methoxy groups -OCH3 is 1. The first kappa shape index (κ1) is 11.3. The summed E-state index contributed by atoms with van der Waals surface area (Å²) < 4.78 is 10.1. The molecule has 0 aliphatic heterocycles. The average molecular weight is 220 g/mol. The first-order chi connectivity index (χ1) is 6.76. The summed E-state index contributed by atoms with van der Waals surface area (Å²) in [4.78, 5) is 0. The Morgan fingerprint density at radius 3 is 2.93 bits per heavy atom. The van der Waals surface area contributed by atoms with Crippen LogP contribution in [0.5, 0.6) is 0 Å². The van der Waals surface area contributed by atoms with Gasteiger partial charge in [0.15, 0.2) is 0 Å². The summed E-state index contributed by atoms with van der Waals surface area (Å²) in [7, 11) is 1.67. The number of ether oxygens (including phenoxy) is 1. The predicted octanol–water partition coefficient (Wildman–Crippen LogP) is 1.65. The van der Waals surface area contributed by atoms with Crippen molar-refractivity contribution < 1.29 is 9.15 Å². The lowest BCUT2D eigenvalue weighted by Crippen LogP contribution is -2.17. The summed E-state index contributed by atoms with van der Waals surface area (Å²) in [5.41, 5.74) is 0. The number of rotatable bonds is 6. The minimum Gasteiger partial charge on any atom is -0.407 e. The molecule has 0 fully saturated rings. The fraction of sp³-hybridized carbons (Fsp3) is 0.750. The van der Waals surface area contributed by atoms with Gasteiger partial charge in [0.05, 0.1) is 0 Å². The van der Waals surface area contributed by atoms with E-state index < -0.39 is 0 Å². The molecule has 1 heterocycles. The number of hydrogen-bond donors (Lipinski definition) is 1. The van der Waals surface area contributed by atoms with E-state index >= 15 is 0 Å². The summed E-state index contributed by atoms with van der Waals surface area (Å²) in [6.07, 6.45) is 0.884. The van der Waals surface area contributed by atoms with Crippen LogP contribution in [0, 0.1) is 0 Å². The quantitative estimate of drug-likeness (QED) is 0.738. The van der Waals surface area contributed by atoms with Gasteiger partial charge in [-0.25, -0.2) is 0 Å². The molecule has 0 saturated heterocycles. The van der Waals surface area contributed by atoms with E-state index in [1.165, 1.54) is 0 Å². The second kappa shape index (κ2) is 5.82. The summed E-state index contributed by atoms with van der Waals surface area (Å²) in [6.45, 7) is 2.72. The van der Waals surface area contributed by atoms with E-state index in [-0.39, 0.29) is 11.9 Å². The molecule has 0 amide bonds. The Hall–Kier alpha value is -0.810. The second-order valence-corrected chi connectivity index (χ2v) is 3.23. The second-order valence-electron chi connectivity index (χ2n) is 2.96. The zero-order valence-electron chi connectivity index (χ0n) is 8.29. The fourth-order valence-corrected chi connectivity index (χ4v) is 1.05. The smallest absolute Gasteiger partial charge is 0.315 e. The fourth-order valence-electron chi connectivity index (χ4n) is 0.944. The molecule has 1 aromatic rings. The lowest BCUT2D eigenvalue weighted by Gasteiger charge is -2.10. The van der Waals surface area contributed by atoms with Crippen LogP contribution < -0.4 is 5.32 Å². The van der Waals surface area contributed by atoms with Crippen molar-refractivity contribution in [2.24, 2.45) is 0 Å². The molecular formula is C8H14ClN3O2. The van der Waals surface area contributed by atoms with E-state index in [0.717, 1.165) is 6.42 Å². The Kier molecular flexibility index (Phi) is 4.69. The van der Waals surface area contributed by atoms with Gasteiger partial charge in [0, 0.05) is 19.8 Å². The van der Waals surface area contributed by atoms with Crippen molar-refractivity contribution in [1.82, 2.24) is 10.2 Å². The number of aromatic nitrogens is 2. The molecule has 0 aliphatic rings. The highest BCUT2D eigenvalue weighted by molar-refractivity contribution is 6.16. The van der Waals surface area contributed by atoms with Gasteiger partial charge in [0.1, 0.15) is 5.88 Å².